The normalized spacial score (nSPS) is 28.0. The number of sulfone groups is 1. The summed E-state index contributed by atoms with van der Waals surface area (Å²) in [4.78, 5) is 0.835. The fourth-order valence-corrected chi connectivity index (χ4v) is 4.67. The standard InChI is InChI=1S/C17H20O3S/c1-17(2,3)20-16-12-9-10-14(16)15(11-12)21(18,19)13-7-5-4-6-8-13/h4-12,14,16H,1-3H3/t12-,14+,16+/m1/s1. The van der Waals surface area contributed by atoms with Crippen molar-refractivity contribution in [1.82, 2.24) is 0 Å². The van der Waals surface area contributed by atoms with Crippen LogP contribution in [-0.2, 0) is 14.6 Å². The van der Waals surface area contributed by atoms with Crippen molar-refractivity contribution in [3.8, 4) is 0 Å². The van der Waals surface area contributed by atoms with E-state index in [1.807, 2.05) is 45.1 Å². The van der Waals surface area contributed by atoms with Gasteiger partial charge in [-0.05, 0) is 32.9 Å². The lowest BCUT2D eigenvalue weighted by Crippen LogP contribution is -2.32. The zero-order chi connectivity index (χ0) is 15.3. The van der Waals surface area contributed by atoms with Crippen LogP contribution in [0.4, 0.5) is 0 Å². The summed E-state index contributed by atoms with van der Waals surface area (Å²) >= 11 is 0. The van der Waals surface area contributed by atoms with Crippen molar-refractivity contribution in [3.63, 3.8) is 0 Å². The first-order chi connectivity index (χ1) is 9.79. The van der Waals surface area contributed by atoms with E-state index in [1.54, 1.807) is 24.3 Å². The van der Waals surface area contributed by atoms with Gasteiger partial charge >= 0.3 is 0 Å². The third-order valence-electron chi connectivity index (χ3n) is 3.81. The van der Waals surface area contributed by atoms with Gasteiger partial charge in [-0.2, -0.15) is 0 Å². The Kier molecular flexibility index (Phi) is 3.34. The minimum atomic E-state index is -3.43. The zero-order valence-corrected chi connectivity index (χ0v) is 13.3. The Morgan fingerprint density at radius 3 is 2.33 bits per heavy atom. The predicted molar refractivity (Wildman–Crippen MR) is 82.5 cm³/mol. The van der Waals surface area contributed by atoms with Crippen LogP contribution >= 0.6 is 0 Å². The maximum Gasteiger partial charge on any atom is 0.203 e. The maximum atomic E-state index is 12.8. The molecule has 0 unspecified atom stereocenters. The van der Waals surface area contributed by atoms with Gasteiger partial charge in [-0.15, -0.1) is 0 Å². The first-order valence-corrected chi connectivity index (χ1v) is 8.65. The number of hydrogen-bond donors (Lipinski definition) is 0. The Balaban J connectivity index is 1.91. The topological polar surface area (TPSA) is 43.4 Å². The summed E-state index contributed by atoms with van der Waals surface area (Å²) < 4.78 is 31.6. The summed E-state index contributed by atoms with van der Waals surface area (Å²) in [5, 5.41) is 0. The van der Waals surface area contributed by atoms with E-state index in [2.05, 4.69) is 0 Å². The molecule has 1 aromatic rings. The molecule has 0 aromatic heterocycles. The number of fused-ring (bicyclic) bond motifs is 2. The van der Waals surface area contributed by atoms with Crippen molar-refractivity contribution in [2.24, 2.45) is 11.8 Å². The minimum absolute atomic E-state index is 0.0581. The highest BCUT2D eigenvalue weighted by molar-refractivity contribution is 7.95. The Morgan fingerprint density at radius 2 is 1.71 bits per heavy atom. The maximum absolute atomic E-state index is 12.8. The van der Waals surface area contributed by atoms with Crippen LogP contribution in [0.25, 0.3) is 0 Å². The van der Waals surface area contributed by atoms with E-state index in [0.717, 1.165) is 0 Å². The van der Waals surface area contributed by atoms with Crippen molar-refractivity contribution < 1.29 is 13.2 Å². The first kappa shape index (κ1) is 14.5. The van der Waals surface area contributed by atoms with Gasteiger partial charge < -0.3 is 4.74 Å². The fraction of sp³-hybridized carbons (Fsp3) is 0.412. The van der Waals surface area contributed by atoms with Gasteiger partial charge in [0.05, 0.1) is 21.5 Å². The molecule has 3 nitrogen and oxygen atoms in total. The Morgan fingerprint density at radius 1 is 1.05 bits per heavy atom. The molecule has 21 heavy (non-hydrogen) atoms. The van der Waals surface area contributed by atoms with E-state index in [4.69, 9.17) is 4.74 Å². The molecule has 0 aliphatic heterocycles. The summed E-state index contributed by atoms with van der Waals surface area (Å²) in [5.74, 6) is -0.109. The van der Waals surface area contributed by atoms with Crippen LogP contribution in [0.15, 0.2) is 58.4 Å². The number of ether oxygens (including phenoxy) is 1. The quantitative estimate of drug-likeness (QED) is 0.804. The average Bonchev–Trinajstić information content (AvgIpc) is 2.95. The molecule has 0 radical (unpaired) electrons. The Labute approximate surface area is 126 Å². The second-order valence-corrected chi connectivity index (χ2v) is 8.52. The van der Waals surface area contributed by atoms with Crippen molar-refractivity contribution in [2.45, 2.75) is 37.4 Å². The van der Waals surface area contributed by atoms with E-state index >= 15 is 0 Å². The molecule has 2 aliphatic rings. The molecule has 0 N–H and O–H groups in total. The van der Waals surface area contributed by atoms with Crippen molar-refractivity contribution in [1.29, 1.82) is 0 Å². The molecule has 3 rings (SSSR count). The highest BCUT2D eigenvalue weighted by Gasteiger charge is 2.46. The molecule has 0 saturated carbocycles. The summed E-state index contributed by atoms with van der Waals surface area (Å²) in [6, 6.07) is 8.61. The molecule has 3 atom stereocenters. The van der Waals surface area contributed by atoms with Crippen LogP contribution in [0, 0.1) is 11.8 Å². The lowest BCUT2D eigenvalue weighted by atomic mass is 10.1. The van der Waals surface area contributed by atoms with Crippen LogP contribution in [0.2, 0.25) is 0 Å². The monoisotopic (exact) mass is 304 g/mol. The highest BCUT2D eigenvalue weighted by atomic mass is 32.2. The SMILES string of the molecule is CC(C)(C)O[C@H]1[C@@H]2C=C[C@H]1C(S(=O)(=O)c1ccccc1)=C2. The van der Waals surface area contributed by atoms with Gasteiger partial charge in [-0.3, -0.25) is 0 Å². The van der Waals surface area contributed by atoms with E-state index in [-0.39, 0.29) is 23.5 Å². The van der Waals surface area contributed by atoms with Crippen LogP contribution in [0.3, 0.4) is 0 Å². The second kappa shape index (κ2) is 4.82. The Hall–Kier alpha value is -1.39. The Bertz CT molecular complexity index is 693. The van der Waals surface area contributed by atoms with Crippen LogP contribution in [0.1, 0.15) is 20.8 Å². The molecule has 0 amide bonds. The molecule has 2 aliphatic carbocycles. The third-order valence-corrected chi connectivity index (χ3v) is 5.73. The van der Waals surface area contributed by atoms with Crippen molar-refractivity contribution in [2.75, 3.05) is 0 Å². The number of hydrogen-bond acceptors (Lipinski definition) is 3. The molecule has 0 spiro atoms. The summed E-state index contributed by atoms with van der Waals surface area (Å²) in [7, 11) is -3.43. The lowest BCUT2D eigenvalue weighted by Gasteiger charge is -2.28. The van der Waals surface area contributed by atoms with Gasteiger partial charge in [0.15, 0.2) is 0 Å². The summed E-state index contributed by atoms with van der Waals surface area (Å²) in [5.41, 5.74) is -0.285. The van der Waals surface area contributed by atoms with Gasteiger partial charge in [-0.25, -0.2) is 8.42 Å². The second-order valence-electron chi connectivity index (χ2n) is 6.57. The molecule has 0 heterocycles. The lowest BCUT2D eigenvalue weighted by molar-refractivity contribution is -0.0722. The smallest absolute Gasteiger partial charge is 0.203 e. The minimum Gasteiger partial charge on any atom is -0.371 e. The van der Waals surface area contributed by atoms with Gasteiger partial charge in [0, 0.05) is 11.8 Å². The van der Waals surface area contributed by atoms with Crippen LogP contribution < -0.4 is 0 Å². The van der Waals surface area contributed by atoms with E-state index < -0.39 is 9.84 Å². The van der Waals surface area contributed by atoms with E-state index in [0.29, 0.717) is 9.80 Å². The molecule has 112 valence electrons. The van der Waals surface area contributed by atoms with Crippen molar-refractivity contribution in [3.05, 3.63) is 53.5 Å². The molecule has 4 heteroatoms. The third kappa shape index (κ3) is 2.58. The van der Waals surface area contributed by atoms with Gasteiger partial charge in [0.1, 0.15) is 0 Å². The fourth-order valence-electron chi connectivity index (χ4n) is 2.98. The van der Waals surface area contributed by atoms with Crippen LogP contribution in [-0.4, -0.2) is 20.1 Å². The van der Waals surface area contributed by atoms with E-state index in [1.165, 1.54) is 0 Å². The first-order valence-electron chi connectivity index (χ1n) is 7.17. The molecule has 0 saturated heterocycles. The van der Waals surface area contributed by atoms with Gasteiger partial charge in [0.25, 0.3) is 0 Å². The number of rotatable bonds is 3. The zero-order valence-electron chi connectivity index (χ0n) is 12.5. The highest BCUT2D eigenvalue weighted by Crippen LogP contribution is 2.45. The van der Waals surface area contributed by atoms with Gasteiger partial charge in [0.2, 0.25) is 9.84 Å². The average molecular weight is 304 g/mol. The largest absolute Gasteiger partial charge is 0.371 e. The van der Waals surface area contributed by atoms with E-state index in [9.17, 15) is 8.42 Å². The number of benzene rings is 1. The van der Waals surface area contributed by atoms with Crippen molar-refractivity contribution >= 4 is 9.84 Å². The predicted octanol–water partition coefficient (Wildman–Crippen LogP) is 3.34. The molecular formula is C17H20O3S. The molecule has 2 bridgehead atoms. The summed E-state index contributed by atoms with van der Waals surface area (Å²) in [6.07, 6.45) is 5.77. The molecule has 1 aromatic carbocycles. The van der Waals surface area contributed by atoms with Crippen LogP contribution in [0.5, 0.6) is 0 Å². The summed E-state index contributed by atoms with van der Waals surface area (Å²) in [6.45, 7) is 5.99. The van der Waals surface area contributed by atoms with Gasteiger partial charge in [-0.1, -0.05) is 36.4 Å². The molecule has 0 fully saturated rings. The molecular weight excluding hydrogens is 284 g/mol.